The molecular weight excluding hydrogens is 236 g/mol. The number of aromatic amines is 1. The maximum atomic E-state index is 5.37. The van der Waals surface area contributed by atoms with Crippen LogP contribution in [0.4, 0.5) is 0 Å². The molecule has 0 spiro atoms. The molecule has 1 aliphatic carbocycles. The van der Waals surface area contributed by atoms with Crippen LogP contribution in [-0.4, -0.2) is 9.97 Å². The number of aryl methyl sites for hydroxylation is 1. The highest BCUT2D eigenvalue weighted by atomic mass is 32.1. The lowest BCUT2D eigenvalue weighted by atomic mass is 9.97. The van der Waals surface area contributed by atoms with Gasteiger partial charge in [0.2, 0.25) is 0 Å². The Morgan fingerprint density at radius 1 is 1.31 bits per heavy atom. The van der Waals surface area contributed by atoms with Crippen molar-refractivity contribution in [2.75, 3.05) is 0 Å². The summed E-state index contributed by atoms with van der Waals surface area (Å²) in [6.45, 7) is 0. The predicted molar refractivity (Wildman–Crippen MR) is 69.4 cm³/mol. The molecule has 0 bridgehead atoms. The van der Waals surface area contributed by atoms with E-state index in [1.54, 1.807) is 11.3 Å². The molecular formula is C12H12N2S2. The Morgan fingerprint density at radius 3 is 3.00 bits per heavy atom. The SMILES string of the molecule is S=c1nc(-c2cccs2)[nH]c2c1CCCC2. The number of hydrogen-bond donors (Lipinski definition) is 1. The zero-order valence-corrected chi connectivity index (χ0v) is 10.5. The standard InChI is InChI=1S/C12H12N2S2/c15-12-8-4-1-2-5-9(8)13-11(14-12)10-6-3-7-16-10/h3,6-7H,1-2,4-5H2,(H,13,14,15). The molecule has 0 aliphatic heterocycles. The van der Waals surface area contributed by atoms with Gasteiger partial charge in [-0.05, 0) is 37.1 Å². The van der Waals surface area contributed by atoms with Gasteiger partial charge in [0, 0.05) is 11.3 Å². The Kier molecular flexibility index (Phi) is 2.61. The fourth-order valence-corrected chi connectivity index (χ4v) is 3.13. The van der Waals surface area contributed by atoms with E-state index in [1.807, 2.05) is 6.07 Å². The molecule has 0 fully saturated rings. The number of rotatable bonds is 1. The third-order valence-corrected chi connectivity index (χ3v) is 4.18. The summed E-state index contributed by atoms with van der Waals surface area (Å²) in [6, 6.07) is 4.12. The zero-order valence-electron chi connectivity index (χ0n) is 8.82. The monoisotopic (exact) mass is 248 g/mol. The molecule has 2 aromatic rings. The number of thiophene rings is 1. The van der Waals surface area contributed by atoms with Crippen molar-refractivity contribution in [3.05, 3.63) is 33.4 Å². The van der Waals surface area contributed by atoms with E-state index in [-0.39, 0.29) is 0 Å². The molecule has 0 atom stereocenters. The van der Waals surface area contributed by atoms with E-state index in [9.17, 15) is 0 Å². The highest BCUT2D eigenvalue weighted by Crippen LogP contribution is 2.25. The first-order chi connectivity index (χ1) is 7.84. The summed E-state index contributed by atoms with van der Waals surface area (Å²) in [4.78, 5) is 9.11. The summed E-state index contributed by atoms with van der Waals surface area (Å²) in [5.41, 5.74) is 2.57. The van der Waals surface area contributed by atoms with Gasteiger partial charge in [0.15, 0.2) is 0 Å². The summed E-state index contributed by atoms with van der Waals surface area (Å²) in [6.07, 6.45) is 4.69. The van der Waals surface area contributed by atoms with Crippen LogP contribution in [0, 0.1) is 4.64 Å². The molecule has 0 saturated carbocycles. The van der Waals surface area contributed by atoms with Crippen LogP contribution in [0.5, 0.6) is 0 Å². The average molecular weight is 248 g/mol. The number of nitrogens with one attached hydrogen (secondary N) is 1. The summed E-state index contributed by atoms with van der Waals surface area (Å²) >= 11 is 7.07. The van der Waals surface area contributed by atoms with Crippen molar-refractivity contribution >= 4 is 23.6 Å². The van der Waals surface area contributed by atoms with Gasteiger partial charge in [-0.1, -0.05) is 18.3 Å². The summed E-state index contributed by atoms with van der Waals surface area (Å²) in [5, 5.41) is 2.06. The Balaban J connectivity index is 2.16. The quantitative estimate of drug-likeness (QED) is 0.779. The number of aromatic nitrogens is 2. The van der Waals surface area contributed by atoms with Crippen LogP contribution in [0.25, 0.3) is 10.7 Å². The minimum absolute atomic E-state index is 0.789. The molecule has 1 aliphatic rings. The van der Waals surface area contributed by atoms with Crippen LogP contribution in [0.1, 0.15) is 24.1 Å². The molecule has 2 heterocycles. The molecule has 1 N–H and O–H groups in total. The van der Waals surface area contributed by atoms with Gasteiger partial charge in [-0.2, -0.15) is 0 Å². The van der Waals surface area contributed by atoms with Crippen LogP contribution in [0.15, 0.2) is 17.5 Å². The van der Waals surface area contributed by atoms with Gasteiger partial charge >= 0.3 is 0 Å². The second-order valence-electron chi connectivity index (χ2n) is 4.03. The van der Waals surface area contributed by atoms with Crippen LogP contribution in [-0.2, 0) is 12.8 Å². The first-order valence-electron chi connectivity index (χ1n) is 5.50. The fourth-order valence-electron chi connectivity index (χ4n) is 2.15. The summed E-state index contributed by atoms with van der Waals surface area (Å²) < 4.78 is 0.789. The molecule has 0 aromatic carbocycles. The van der Waals surface area contributed by atoms with Crippen molar-refractivity contribution in [2.45, 2.75) is 25.7 Å². The van der Waals surface area contributed by atoms with Crippen LogP contribution in [0.2, 0.25) is 0 Å². The van der Waals surface area contributed by atoms with Gasteiger partial charge in [-0.15, -0.1) is 11.3 Å². The maximum absolute atomic E-state index is 5.37. The van der Waals surface area contributed by atoms with Gasteiger partial charge < -0.3 is 4.98 Å². The smallest absolute Gasteiger partial charge is 0.149 e. The van der Waals surface area contributed by atoms with E-state index in [2.05, 4.69) is 21.4 Å². The number of H-pyrrole nitrogens is 1. The highest BCUT2D eigenvalue weighted by molar-refractivity contribution is 7.71. The van der Waals surface area contributed by atoms with E-state index in [1.165, 1.54) is 29.0 Å². The largest absolute Gasteiger partial charge is 0.342 e. The predicted octanol–water partition coefficient (Wildman–Crippen LogP) is 3.75. The van der Waals surface area contributed by atoms with E-state index in [0.717, 1.165) is 23.3 Å². The lowest BCUT2D eigenvalue weighted by molar-refractivity contribution is 0.661. The maximum Gasteiger partial charge on any atom is 0.149 e. The van der Waals surface area contributed by atoms with Crippen LogP contribution in [0.3, 0.4) is 0 Å². The van der Waals surface area contributed by atoms with E-state index < -0.39 is 0 Å². The second-order valence-corrected chi connectivity index (χ2v) is 5.37. The summed E-state index contributed by atoms with van der Waals surface area (Å²) in [5.74, 6) is 0.931. The minimum Gasteiger partial charge on any atom is -0.342 e. The minimum atomic E-state index is 0.789. The topological polar surface area (TPSA) is 28.7 Å². The zero-order chi connectivity index (χ0) is 11.0. The first kappa shape index (κ1) is 10.2. The van der Waals surface area contributed by atoms with Gasteiger partial charge in [0.25, 0.3) is 0 Å². The van der Waals surface area contributed by atoms with Crippen molar-refractivity contribution in [3.63, 3.8) is 0 Å². The Hall–Kier alpha value is -1.00. The van der Waals surface area contributed by atoms with Gasteiger partial charge in [0.05, 0.1) is 4.88 Å². The lowest BCUT2D eigenvalue weighted by Crippen LogP contribution is -2.08. The third kappa shape index (κ3) is 1.72. The van der Waals surface area contributed by atoms with Crippen molar-refractivity contribution in [2.24, 2.45) is 0 Å². The van der Waals surface area contributed by atoms with E-state index in [4.69, 9.17) is 12.2 Å². The Morgan fingerprint density at radius 2 is 2.19 bits per heavy atom. The Bertz CT molecular complexity index is 555. The molecule has 0 unspecified atom stereocenters. The molecule has 82 valence electrons. The number of hydrogen-bond acceptors (Lipinski definition) is 3. The molecule has 2 aromatic heterocycles. The Labute approximate surface area is 103 Å². The fraction of sp³-hybridized carbons (Fsp3) is 0.333. The van der Waals surface area contributed by atoms with Gasteiger partial charge in [0.1, 0.15) is 10.5 Å². The summed E-state index contributed by atoms with van der Waals surface area (Å²) in [7, 11) is 0. The normalized spacial score (nSPS) is 14.8. The highest BCUT2D eigenvalue weighted by Gasteiger charge is 2.13. The second kappa shape index (κ2) is 4.11. The van der Waals surface area contributed by atoms with Crippen molar-refractivity contribution in [3.8, 4) is 10.7 Å². The first-order valence-corrected chi connectivity index (χ1v) is 6.79. The molecule has 0 saturated heterocycles. The van der Waals surface area contributed by atoms with Crippen molar-refractivity contribution in [1.29, 1.82) is 0 Å². The molecule has 4 heteroatoms. The van der Waals surface area contributed by atoms with Crippen LogP contribution >= 0.6 is 23.6 Å². The number of fused-ring (bicyclic) bond motifs is 1. The van der Waals surface area contributed by atoms with Gasteiger partial charge in [-0.3, -0.25) is 0 Å². The van der Waals surface area contributed by atoms with Crippen molar-refractivity contribution in [1.82, 2.24) is 9.97 Å². The molecule has 0 radical (unpaired) electrons. The average Bonchev–Trinajstić information content (AvgIpc) is 2.82. The number of nitrogens with zero attached hydrogens (tertiary/aromatic N) is 1. The van der Waals surface area contributed by atoms with E-state index in [0.29, 0.717) is 0 Å². The molecule has 0 amide bonds. The van der Waals surface area contributed by atoms with Crippen LogP contribution < -0.4 is 0 Å². The molecule has 3 rings (SSSR count). The molecule has 2 nitrogen and oxygen atoms in total. The lowest BCUT2D eigenvalue weighted by Gasteiger charge is -2.15. The van der Waals surface area contributed by atoms with E-state index >= 15 is 0 Å². The van der Waals surface area contributed by atoms with Gasteiger partial charge in [-0.25, -0.2) is 4.98 Å². The molecule has 16 heavy (non-hydrogen) atoms. The van der Waals surface area contributed by atoms with Crippen molar-refractivity contribution < 1.29 is 0 Å². The third-order valence-electron chi connectivity index (χ3n) is 2.96.